The minimum Gasteiger partial charge on any atom is -0.507 e. The van der Waals surface area contributed by atoms with Gasteiger partial charge in [-0.25, -0.2) is 0 Å². The molecule has 0 bridgehead atoms. The molecule has 2 heterocycles. The Morgan fingerprint density at radius 2 is 2.00 bits per heavy atom. The zero-order valence-electron chi connectivity index (χ0n) is 13.9. The number of aromatic nitrogens is 1. The highest BCUT2D eigenvalue weighted by Crippen LogP contribution is 2.51. The summed E-state index contributed by atoms with van der Waals surface area (Å²) >= 11 is 0.779. The Morgan fingerprint density at radius 1 is 1.15 bits per heavy atom. The predicted octanol–water partition coefficient (Wildman–Crippen LogP) is 3.76. The summed E-state index contributed by atoms with van der Waals surface area (Å²) in [5, 5.41) is 14.0. The summed E-state index contributed by atoms with van der Waals surface area (Å²) in [6.07, 6.45) is 1.48. The summed E-state index contributed by atoms with van der Waals surface area (Å²) in [4.78, 5) is 18.8. The number of hydrogen-bond acceptors (Lipinski definition) is 9. The number of phenolic OH excluding ortho intramolecular Hbond substituents is 1. The first-order chi connectivity index (χ1) is 13.1. The number of rotatable bonds is 5. The van der Waals surface area contributed by atoms with Crippen molar-refractivity contribution in [1.29, 1.82) is 0 Å². The number of phenols is 1. The van der Waals surface area contributed by atoms with Crippen molar-refractivity contribution in [1.82, 2.24) is 5.16 Å². The Bertz CT molecular complexity index is 991. The van der Waals surface area contributed by atoms with Gasteiger partial charge in [0.15, 0.2) is 11.5 Å². The van der Waals surface area contributed by atoms with Crippen LogP contribution in [0.1, 0.15) is 0 Å². The van der Waals surface area contributed by atoms with E-state index in [0.717, 1.165) is 11.4 Å². The quantitative estimate of drug-likeness (QED) is 0.544. The lowest BCUT2D eigenvalue weighted by Crippen LogP contribution is -1.93. The molecule has 10 heteroatoms. The molecule has 27 heavy (non-hydrogen) atoms. The number of aromatic hydroxyl groups is 1. The minimum absolute atomic E-state index is 0.0397. The molecule has 4 rings (SSSR count). The first-order valence-corrected chi connectivity index (χ1v) is 10.4. The molecule has 1 aliphatic heterocycles. The van der Waals surface area contributed by atoms with Crippen molar-refractivity contribution in [2.75, 3.05) is 13.9 Å². The van der Waals surface area contributed by atoms with Gasteiger partial charge in [-0.1, -0.05) is 11.2 Å². The number of methoxy groups -OCH3 is 1. The van der Waals surface area contributed by atoms with E-state index in [9.17, 15) is 14.9 Å². The molecule has 140 valence electrons. The standard InChI is InChI=1S/C17H14NO7PS/c1-22-13-4-10(5-14-17(13)24-8-23-14)16-11(7-25-18-16)9-2-3-12(19)15(6-9)27-26(20)21/h2-7,19-21H,8H2,1H3. The molecule has 2 aromatic carbocycles. The van der Waals surface area contributed by atoms with Crippen molar-refractivity contribution in [2.45, 2.75) is 4.90 Å². The van der Waals surface area contributed by atoms with Gasteiger partial charge in [0.1, 0.15) is 17.7 Å². The maximum Gasteiger partial charge on any atom is 0.237 e. The lowest BCUT2D eigenvalue weighted by molar-refractivity contribution is 0.171. The Balaban J connectivity index is 1.79. The van der Waals surface area contributed by atoms with E-state index >= 15 is 0 Å². The fraction of sp³-hybridized carbons (Fsp3) is 0.118. The van der Waals surface area contributed by atoms with E-state index in [1.54, 1.807) is 24.3 Å². The molecule has 3 N–H and O–H groups in total. The first kappa shape index (κ1) is 17.9. The van der Waals surface area contributed by atoms with Gasteiger partial charge in [0, 0.05) is 11.1 Å². The van der Waals surface area contributed by atoms with Crippen molar-refractivity contribution in [3.8, 4) is 45.4 Å². The van der Waals surface area contributed by atoms with Crippen molar-refractivity contribution in [3.05, 3.63) is 36.6 Å². The van der Waals surface area contributed by atoms with E-state index < -0.39 is 7.58 Å². The predicted molar refractivity (Wildman–Crippen MR) is 98.9 cm³/mol. The minimum atomic E-state index is -2.25. The van der Waals surface area contributed by atoms with E-state index in [2.05, 4.69) is 5.16 Å². The summed E-state index contributed by atoms with van der Waals surface area (Å²) < 4.78 is 21.4. The molecule has 1 aliphatic rings. The molecule has 3 aromatic rings. The lowest BCUT2D eigenvalue weighted by Gasteiger charge is -2.09. The van der Waals surface area contributed by atoms with E-state index in [0.29, 0.717) is 44.5 Å². The van der Waals surface area contributed by atoms with Gasteiger partial charge in [0.2, 0.25) is 20.1 Å². The second-order valence-electron chi connectivity index (χ2n) is 5.52. The normalized spacial score (nSPS) is 12.6. The highest BCUT2D eigenvalue weighted by Gasteiger charge is 2.23. The molecular weight excluding hydrogens is 393 g/mol. The zero-order valence-corrected chi connectivity index (χ0v) is 15.7. The van der Waals surface area contributed by atoms with Gasteiger partial charge in [-0.2, -0.15) is 0 Å². The fourth-order valence-electron chi connectivity index (χ4n) is 2.76. The van der Waals surface area contributed by atoms with Crippen molar-refractivity contribution < 1.29 is 33.6 Å². The highest BCUT2D eigenvalue weighted by molar-refractivity contribution is 8.52. The topological polar surface area (TPSA) is 114 Å². The van der Waals surface area contributed by atoms with E-state index in [-0.39, 0.29) is 12.5 Å². The molecule has 1 aromatic heterocycles. The Labute approximate surface area is 159 Å². The average molecular weight is 407 g/mol. The largest absolute Gasteiger partial charge is 0.507 e. The number of hydrogen-bond donors (Lipinski definition) is 3. The van der Waals surface area contributed by atoms with E-state index in [1.807, 2.05) is 0 Å². The maximum absolute atomic E-state index is 9.92. The van der Waals surface area contributed by atoms with Crippen LogP contribution in [0, 0.1) is 0 Å². The van der Waals surface area contributed by atoms with Crippen LogP contribution in [-0.4, -0.2) is 34.0 Å². The number of ether oxygens (including phenoxy) is 3. The fourth-order valence-corrected chi connectivity index (χ4v) is 4.24. The van der Waals surface area contributed by atoms with Crippen LogP contribution in [0.3, 0.4) is 0 Å². The zero-order chi connectivity index (χ0) is 19.0. The van der Waals surface area contributed by atoms with Crippen LogP contribution >= 0.6 is 19.0 Å². The molecule has 8 nitrogen and oxygen atoms in total. The molecule has 0 saturated heterocycles. The number of nitrogens with zero attached hydrogens (tertiary/aromatic N) is 1. The second-order valence-corrected chi connectivity index (χ2v) is 8.17. The summed E-state index contributed by atoms with van der Waals surface area (Å²) in [7, 11) is -0.716. The van der Waals surface area contributed by atoms with Crippen molar-refractivity contribution >= 4 is 19.0 Å². The van der Waals surface area contributed by atoms with Gasteiger partial charge in [0.05, 0.1) is 12.0 Å². The molecule has 0 aliphatic carbocycles. The van der Waals surface area contributed by atoms with Crippen LogP contribution in [0.15, 0.2) is 46.0 Å². The molecule has 0 fully saturated rings. The van der Waals surface area contributed by atoms with Crippen LogP contribution < -0.4 is 14.2 Å². The molecule has 0 atom stereocenters. The van der Waals surface area contributed by atoms with Crippen LogP contribution in [0.2, 0.25) is 0 Å². The van der Waals surface area contributed by atoms with Gasteiger partial charge in [-0.05, 0) is 41.2 Å². The molecule has 0 radical (unpaired) electrons. The summed E-state index contributed by atoms with van der Waals surface area (Å²) in [6, 6.07) is 8.36. The Hall–Kier alpha value is -2.45. The van der Waals surface area contributed by atoms with Crippen molar-refractivity contribution in [2.24, 2.45) is 0 Å². The number of fused-ring (bicyclic) bond motifs is 1. The molecule has 0 unspecified atom stereocenters. The van der Waals surface area contributed by atoms with Crippen LogP contribution in [0.4, 0.5) is 0 Å². The van der Waals surface area contributed by atoms with Crippen LogP contribution in [0.5, 0.6) is 23.0 Å². The maximum atomic E-state index is 9.92. The summed E-state index contributed by atoms with van der Waals surface area (Å²) in [6.45, 7) is 0.116. The van der Waals surface area contributed by atoms with Gasteiger partial charge >= 0.3 is 0 Å². The molecule has 0 saturated carbocycles. The third-order valence-electron chi connectivity index (χ3n) is 3.95. The third-order valence-corrected chi connectivity index (χ3v) is 5.72. The summed E-state index contributed by atoms with van der Waals surface area (Å²) in [5.74, 6) is 1.56. The molecular formula is C17H14NO7PS. The van der Waals surface area contributed by atoms with Crippen LogP contribution in [0.25, 0.3) is 22.4 Å². The number of benzene rings is 2. The summed E-state index contributed by atoms with van der Waals surface area (Å²) in [5.41, 5.74) is 2.61. The lowest BCUT2D eigenvalue weighted by atomic mass is 10.0. The van der Waals surface area contributed by atoms with E-state index in [4.69, 9.17) is 18.7 Å². The average Bonchev–Trinajstić information content (AvgIpc) is 3.31. The third kappa shape index (κ3) is 3.42. The van der Waals surface area contributed by atoms with Crippen LogP contribution in [-0.2, 0) is 0 Å². The van der Waals surface area contributed by atoms with E-state index in [1.165, 1.54) is 19.4 Å². The highest BCUT2D eigenvalue weighted by atomic mass is 32.7. The first-order valence-electron chi connectivity index (χ1n) is 7.68. The second kappa shape index (κ2) is 7.28. The van der Waals surface area contributed by atoms with Gasteiger partial charge < -0.3 is 33.6 Å². The van der Waals surface area contributed by atoms with Crippen molar-refractivity contribution in [3.63, 3.8) is 0 Å². The monoisotopic (exact) mass is 407 g/mol. The SMILES string of the molecule is COc1cc(-c2nocc2-c2ccc(O)c(SP(O)O)c2)cc2c1OCO2. The Kier molecular flexibility index (Phi) is 4.84. The van der Waals surface area contributed by atoms with Gasteiger partial charge in [-0.15, -0.1) is 0 Å². The Morgan fingerprint density at radius 3 is 2.78 bits per heavy atom. The molecule has 0 spiro atoms. The molecule has 0 amide bonds. The van der Waals surface area contributed by atoms with Gasteiger partial charge in [0.25, 0.3) is 0 Å². The van der Waals surface area contributed by atoms with Gasteiger partial charge in [-0.3, -0.25) is 0 Å². The smallest absolute Gasteiger partial charge is 0.237 e.